The van der Waals surface area contributed by atoms with Crippen molar-refractivity contribution in [1.82, 2.24) is 0 Å². The molecule has 0 bridgehead atoms. The highest BCUT2D eigenvalue weighted by Gasteiger charge is 2.12. The molecule has 0 aliphatic rings. The molecule has 0 atom stereocenters. The summed E-state index contributed by atoms with van der Waals surface area (Å²) < 4.78 is 23.1. The minimum absolute atomic E-state index is 0.0822. The fourth-order valence-electron chi connectivity index (χ4n) is 1.05. The Morgan fingerprint density at radius 1 is 1.47 bits per heavy atom. The Balaban J connectivity index is 3.02. The predicted molar refractivity (Wildman–Crippen MR) is 64.4 cm³/mol. The van der Waals surface area contributed by atoms with Crippen molar-refractivity contribution in [2.75, 3.05) is 11.9 Å². The number of hydrogen-bond acceptors (Lipinski definition) is 3. The van der Waals surface area contributed by atoms with Crippen LogP contribution in [0.3, 0.4) is 0 Å². The van der Waals surface area contributed by atoms with E-state index in [1.165, 1.54) is 6.07 Å². The number of anilines is 1. The van der Waals surface area contributed by atoms with Crippen LogP contribution in [0.15, 0.2) is 40.2 Å². The van der Waals surface area contributed by atoms with E-state index in [0.717, 1.165) is 4.48 Å². The Morgan fingerprint density at radius 2 is 2.07 bits per heavy atom. The van der Waals surface area contributed by atoms with Crippen LogP contribution in [0.4, 0.5) is 5.69 Å². The van der Waals surface area contributed by atoms with E-state index in [-0.39, 0.29) is 4.90 Å². The molecule has 0 saturated carbocycles. The molecule has 0 aliphatic heterocycles. The topological polar surface area (TPSA) is 72.2 Å². The first-order chi connectivity index (χ1) is 6.91. The molecular weight excluding hydrogens is 280 g/mol. The number of para-hydroxylation sites is 1. The van der Waals surface area contributed by atoms with E-state index in [9.17, 15) is 8.42 Å². The molecule has 0 fully saturated rings. The average molecular weight is 291 g/mol. The molecule has 0 heterocycles. The Labute approximate surface area is 97.4 Å². The van der Waals surface area contributed by atoms with Gasteiger partial charge in [0.15, 0.2) is 0 Å². The fraction of sp³-hybridized carbons (Fsp3) is 0.111. The molecule has 1 rings (SSSR count). The summed E-state index contributed by atoms with van der Waals surface area (Å²) in [4.78, 5) is 0.0822. The molecular formula is C9H11BrN2O2S. The minimum Gasteiger partial charge on any atom is -0.379 e. The van der Waals surface area contributed by atoms with Crippen LogP contribution < -0.4 is 10.5 Å². The maximum absolute atomic E-state index is 11.2. The van der Waals surface area contributed by atoms with Gasteiger partial charge in [-0.1, -0.05) is 34.6 Å². The lowest BCUT2D eigenvalue weighted by molar-refractivity contribution is 0.598. The molecule has 0 unspecified atom stereocenters. The fourth-order valence-corrected chi connectivity index (χ4v) is 1.91. The van der Waals surface area contributed by atoms with Gasteiger partial charge in [-0.25, -0.2) is 13.6 Å². The first-order valence-electron chi connectivity index (χ1n) is 4.10. The molecule has 6 heteroatoms. The van der Waals surface area contributed by atoms with Crippen LogP contribution in [-0.4, -0.2) is 15.0 Å². The highest BCUT2D eigenvalue weighted by atomic mass is 79.9. The second kappa shape index (κ2) is 4.78. The predicted octanol–water partition coefficient (Wildman–Crippen LogP) is 1.65. The van der Waals surface area contributed by atoms with E-state index >= 15 is 0 Å². The molecule has 15 heavy (non-hydrogen) atoms. The van der Waals surface area contributed by atoms with Crippen LogP contribution in [0.25, 0.3) is 0 Å². The third-order valence-electron chi connectivity index (χ3n) is 1.66. The van der Waals surface area contributed by atoms with Crippen molar-refractivity contribution in [3.8, 4) is 0 Å². The van der Waals surface area contributed by atoms with Crippen molar-refractivity contribution in [1.29, 1.82) is 0 Å². The van der Waals surface area contributed by atoms with E-state index in [2.05, 4.69) is 27.8 Å². The van der Waals surface area contributed by atoms with E-state index in [4.69, 9.17) is 5.14 Å². The second-order valence-corrected chi connectivity index (χ2v) is 5.56. The van der Waals surface area contributed by atoms with Gasteiger partial charge in [-0.05, 0) is 12.1 Å². The summed E-state index contributed by atoms with van der Waals surface area (Å²) in [6.45, 7) is 4.07. The van der Waals surface area contributed by atoms with E-state index < -0.39 is 10.0 Å². The van der Waals surface area contributed by atoms with Crippen molar-refractivity contribution in [2.24, 2.45) is 5.14 Å². The summed E-state index contributed by atoms with van der Waals surface area (Å²) in [6.07, 6.45) is 0. The first kappa shape index (κ1) is 12.2. The van der Waals surface area contributed by atoms with Gasteiger partial charge in [-0.15, -0.1) is 0 Å². The quantitative estimate of drug-likeness (QED) is 0.886. The average Bonchev–Trinajstić information content (AvgIpc) is 2.13. The van der Waals surface area contributed by atoms with Gasteiger partial charge in [0.1, 0.15) is 4.90 Å². The number of benzene rings is 1. The lowest BCUT2D eigenvalue weighted by Gasteiger charge is -2.09. The van der Waals surface area contributed by atoms with Crippen LogP contribution in [0.2, 0.25) is 0 Å². The lowest BCUT2D eigenvalue weighted by atomic mass is 10.3. The summed E-state index contributed by atoms with van der Waals surface area (Å²) >= 11 is 3.17. The van der Waals surface area contributed by atoms with Gasteiger partial charge in [-0.3, -0.25) is 0 Å². The Kier molecular flexibility index (Phi) is 3.90. The molecule has 1 aromatic carbocycles. The standard InChI is InChI=1S/C9H11BrN2O2S/c1-7(10)6-12-8-4-2-3-5-9(8)15(11,13)14/h2-5,12H,1,6H2,(H2,11,13,14). The van der Waals surface area contributed by atoms with Crippen LogP contribution in [-0.2, 0) is 10.0 Å². The van der Waals surface area contributed by atoms with Gasteiger partial charge in [0.25, 0.3) is 0 Å². The molecule has 82 valence electrons. The highest BCUT2D eigenvalue weighted by Crippen LogP contribution is 2.19. The van der Waals surface area contributed by atoms with Gasteiger partial charge >= 0.3 is 0 Å². The first-order valence-corrected chi connectivity index (χ1v) is 6.44. The smallest absolute Gasteiger partial charge is 0.240 e. The Hall–Kier alpha value is -0.850. The zero-order valence-corrected chi connectivity index (χ0v) is 10.3. The Morgan fingerprint density at radius 3 is 2.60 bits per heavy atom. The number of halogens is 1. The summed E-state index contributed by atoms with van der Waals surface area (Å²) in [5.74, 6) is 0. The van der Waals surface area contributed by atoms with E-state index in [1.54, 1.807) is 18.2 Å². The van der Waals surface area contributed by atoms with Gasteiger partial charge in [0, 0.05) is 11.0 Å². The highest BCUT2D eigenvalue weighted by molar-refractivity contribution is 9.11. The molecule has 0 aliphatic carbocycles. The maximum Gasteiger partial charge on any atom is 0.240 e. The minimum atomic E-state index is -3.69. The summed E-state index contributed by atoms with van der Waals surface area (Å²) in [5, 5.41) is 7.98. The SMILES string of the molecule is C=C(Br)CNc1ccccc1S(N)(=O)=O. The zero-order valence-electron chi connectivity index (χ0n) is 7.90. The summed E-state index contributed by atoms with van der Waals surface area (Å²) in [5.41, 5.74) is 0.473. The van der Waals surface area contributed by atoms with Crippen LogP contribution in [0, 0.1) is 0 Å². The third kappa shape index (κ3) is 3.65. The lowest BCUT2D eigenvalue weighted by Crippen LogP contribution is -2.15. The van der Waals surface area contributed by atoms with Crippen molar-refractivity contribution >= 4 is 31.6 Å². The molecule has 0 saturated heterocycles. The molecule has 4 nitrogen and oxygen atoms in total. The van der Waals surface area contributed by atoms with Gasteiger partial charge in [-0.2, -0.15) is 0 Å². The van der Waals surface area contributed by atoms with Crippen LogP contribution in [0.5, 0.6) is 0 Å². The number of rotatable bonds is 4. The van der Waals surface area contributed by atoms with Gasteiger partial charge in [0.2, 0.25) is 10.0 Å². The van der Waals surface area contributed by atoms with E-state index in [0.29, 0.717) is 12.2 Å². The number of primary sulfonamides is 1. The van der Waals surface area contributed by atoms with Crippen molar-refractivity contribution in [3.05, 3.63) is 35.3 Å². The van der Waals surface area contributed by atoms with E-state index in [1.807, 2.05) is 0 Å². The zero-order chi connectivity index (χ0) is 11.5. The van der Waals surface area contributed by atoms with Gasteiger partial charge < -0.3 is 5.32 Å². The summed E-state index contributed by atoms with van der Waals surface area (Å²) in [6, 6.07) is 6.45. The Bertz CT molecular complexity index is 471. The summed E-state index contributed by atoms with van der Waals surface area (Å²) in [7, 11) is -3.69. The third-order valence-corrected chi connectivity index (χ3v) is 2.91. The van der Waals surface area contributed by atoms with Crippen LogP contribution >= 0.6 is 15.9 Å². The second-order valence-electron chi connectivity index (χ2n) is 2.91. The normalized spacial score (nSPS) is 11.1. The molecule has 0 amide bonds. The van der Waals surface area contributed by atoms with Crippen molar-refractivity contribution in [3.63, 3.8) is 0 Å². The molecule has 1 aromatic rings. The maximum atomic E-state index is 11.2. The number of hydrogen-bond donors (Lipinski definition) is 2. The van der Waals surface area contributed by atoms with Gasteiger partial charge in [0.05, 0.1) is 5.69 Å². The molecule has 0 spiro atoms. The van der Waals surface area contributed by atoms with Crippen molar-refractivity contribution in [2.45, 2.75) is 4.90 Å². The molecule has 3 N–H and O–H groups in total. The number of sulfonamides is 1. The number of nitrogens with one attached hydrogen (secondary N) is 1. The van der Waals surface area contributed by atoms with Crippen LogP contribution in [0.1, 0.15) is 0 Å². The molecule has 0 radical (unpaired) electrons. The molecule has 0 aromatic heterocycles. The largest absolute Gasteiger partial charge is 0.379 e. The number of nitrogens with two attached hydrogens (primary N) is 1. The van der Waals surface area contributed by atoms with Crippen molar-refractivity contribution < 1.29 is 8.42 Å². The monoisotopic (exact) mass is 290 g/mol.